The Morgan fingerprint density at radius 1 is 1.11 bits per heavy atom. The molecule has 0 aliphatic carbocycles. The van der Waals surface area contributed by atoms with Crippen LogP contribution >= 0.6 is 12.2 Å². The minimum absolute atomic E-state index is 0.0306. The molecule has 0 aliphatic heterocycles. The smallest absolute Gasteiger partial charge is 0.387 e. The molecule has 3 N–H and O–H groups in total. The number of para-hydroxylation sites is 1. The fourth-order valence-corrected chi connectivity index (χ4v) is 2.61. The lowest BCUT2D eigenvalue weighted by molar-refractivity contribution is -0.0498. The number of rotatable bonds is 4. The van der Waals surface area contributed by atoms with Crippen molar-refractivity contribution in [3.05, 3.63) is 59.9 Å². The molecular weight excluding hydrogens is 376 g/mol. The average molecular weight is 391 g/mol. The molecule has 9 heteroatoms. The Morgan fingerprint density at radius 3 is 2.48 bits per heavy atom. The second-order valence-electron chi connectivity index (χ2n) is 5.49. The number of aryl methyl sites for hydroxylation is 1. The number of alkyl halides is 2. The van der Waals surface area contributed by atoms with Gasteiger partial charge in [-0.05, 0) is 49.5 Å². The molecule has 3 aromatic rings. The third-order valence-electron chi connectivity index (χ3n) is 3.68. The molecule has 0 saturated heterocycles. The van der Waals surface area contributed by atoms with Gasteiger partial charge in [0, 0.05) is 16.6 Å². The molecule has 0 unspecified atom stereocenters. The lowest BCUT2D eigenvalue weighted by Crippen LogP contribution is -2.43. The number of hydrogen-bond donors (Lipinski definition) is 3. The van der Waals surface area contributed by atoms with Crippen molar-refractivity contribution >= 4 is 39.9 Å². The molecule has 1 amide bonds. The van der Waals surface area contributed by atoms with Gasteiger partial charge in [-0.25, -0.2) is 0 Å². The molecular formula is C18H15F2N3O3S. The molecule has 6 nitrogen and oxygen atoms in total. The molecule has 0 aliphatic rings. The van der Waals surface area contributed by atoms with Crippen molar-refractivity contribution in [2.75, 3.05) is 5.32 Å². The maximum absolute atomic E-state index is 12.3. The number of fused-ring (bicyclic) bond motifs is 1. The minimum atomic E-state index is -2.89. The van der Waals surface area contributed by atoms with Gasteiger partial charge in [-0.3, -0.25) is 15.6 Å². The number of hydrogen-bond acceptors (Lipinski definition) is 4. The van der Waals surface area contributed by atoms with E-state index in [0.29, 0.717) is 11.3 Å². The highest BCUT2D eigenvalue weighted by Gasteiger charge is 2.17. The van der Waals surface area contributed by atoms with Crippen LogP contribution in [-0.2, 0) is 0 Å². The summed E-state index contributed by atoms with van der Waals surface area (Å²) < 4.78 is 34.1. The molecule has 0 spiro atoms. The summed E-state index contributed by atoms with van der Waals surface area (Å²) in [4.78, 5) is 12.3. The van der Waals surface area contributed by atoms with Crippen LogP contribution < -0.4 is 20.9 Å². The summed E-state index contributed by atoms with van der Waals surface area (Å²) in [6.07, 6.45) is 0. The number of thiocarbonyl (C=S) groups is 1. The lowest BCUT2D eigenvalue weighted by atomic mass is 10.1. The monoisotopic (exact) mass is 391 g/mol. The van der Waals surface area contributed by atoms with Crippen LogP contribution in [0.1, 0.15) is 16.1 Å². The van der Waals surface area contributed by atoms with Gasteiger partial charge in [-0.15, -0.1) is 0 Å². The molecule has 1 heterocycles. The van der Waals surface area contributed by atoms with E-state index in [1.54, 1.807) is 13.0 Å². The van der Waals surface area contributed by atoms with Crippen molar-refractivity contribution in [1.29, 1.82) is 0 Å². The minimum Gasteiger partial charge on any atom is -0.451 e. The highest BCUT2D eigenvalue weighted by Crippen LogP contribution is 2.24. The van der Waals surface area contributed by atoms with Crippen molar-refractivity contribution in [1.82, 2.24) is 10.9 Å². The van der Waals surface area contributed by atoms with Gasteiger partial charge in [0.1, 0.15) is 11.3 Å². The fourth-order valence-electron chi connectivity index (χ4n) is 2.44. The molecule has 0 saturated carbocycles. The van der Waals surface area contributed by atoms with Gasteiger partial charge in [0.2, 0.25) is 0 Å². The van der Waals surface area contributed by atoms with Crippen LogP contribution in [0.5, 0.6) is 5.75 Å². The number of anilines is 1. The SMILES string of the molecule is Cc1c(C(=O)NNC(=S)Nc2ccc(OC(F)F)cc2)oc2ccccc12. The lowest BCUT2D eigenvalue weighted by Gasteiger charge is -2.11. The molecule has 140 valence electrons. The maximum atomic E-state index is 12.3. The van der Waals surface area contributed by atoms with Crippen LogP contribution in [0.25, 0.3) is 11.0 Å². The van der Waals surface area contributed by atoms with Gasteiger partial charge in [-0.1, -0.05) is 18.2 Å². The topological polar surface area (TPSA) is 75.5 Å². The van der Waals surface area contributed by atoms with Gasteiger partial charge >= 0.3 is 12.5 Å². The highest BCUT2D eigenvalue weighted by atomic mass is 32.1. The first-order valence-corrected chi connectivity index (χ1v) is 8.25. The summed E-state index contributed by atoms with van der Waals surface area (Å²) in [5.74, 6) is -0.267. The van der Waals surface area contributed by atoms with E-state index >= 15 is 0 Å². The Balaban J connectivity index is 1.56. The Morgan fingerprint density at radius 2 is 1.81 bits per heavy atom. The summed E-state index contributed by atoms with van der Waals surface area (Å²) in [5, 5.41) is 3.77. The van der Waals surface area contributed by atoms with E-state index in [2.05, 4.69) is 20.9 Å². The molecule has 0 atom stereocenters. The number of nitrogens with one attached hydrogen (secondary N) is 3. The Labute approximate surface area is 158 Å². The quantitative estimate of drug-likeness (QED) is 0.462. The van der Waals surface area contributed by atoms with Crippen molar-refractivity contribution in [2.45, 2.75) is 13.5 Å². The molecule has 0 radical (unpaired) electrons. The van der Waals surface area contributed by atoms with Gasteiger partial charge in [0.15, 0.2) is 10.9 Å². The van der Waals surface area contributed by atoms with E-state index in [1.165, 1.54) is 24.3 Å². The number of furan rings is 1. The summed E-state index contributed by atoms with van der Waals surface area (Å²) in [5.41, 5.74) is 6.87. The number of amides is 1. The van der Waals surface area contributed by atoms with Gasteiger partial charge in [0.05, 0.1) is 0 Å². The number of carbonyl (C=O) groups is 1. The van der Waals surface area contributed by atoms with Crippen molar-refractivity contribution in [3.8, 4) is 5.75 Å². The van der Waals surface area contributed by atoms with Crippen LogP contribution in [0.3, 0.4) is 0 Å². The normalized spacial score (nSPS) is 10.7. The third-order valence-corrected chi connectivity index (χ3v) is 3.88. The van der Waals surface area contributed by atoms with E-state index in [1.807, 2.05) is 18.2 Å². The van der Waals surface area contributed by atoms with Crippen molar-refractivity contribution < 1.29 is 22.7 Å². The third kappa shape index (κ3) is 4.50. The molecule has 3 rings (SSSR count). The predicted molar refractivity (Wildman–Crippen MR) is 101 cm³/mol. The van der Waals surface area contributed by atoms with Crippen LogP contribution in [0.4, 0.5) is 14.5 Å². The summed E-state index contributed by atoms with van der Waals surface area (Å²) in [6.45, 7) is -1.09. The maximum Gasteiger partial charge on any atom is 0.387 e. The Bertz CT molecular complexity index is 974. The average Bonchev–Trinajstić information content (AvgIpc) is 2.98. The molecule has 27 heavy (non-hydrogen) atoms. The van der Waals surface area contributed by atoms with Gasteiger partial charge in [0.25, 0.3) is 0 Å². The number of halogens is 2. The summed E-state index contributed by atoms with van der Waals surface area (Å²) in [7, 11) is 0. The second-order valence-corrected chi connectivity index (χ2v) is 5.90. The number of hydrazine groups is 1. The first kappa shape index (κ1) is 18.6. The second kappa shape index (κ2) is 8.00. The standard InChI is InChI=1S/C18H15F2N3O3S/c1-10-13-4-2-3-5-14(13)26-15(10)16(24)22-23-18(27)21-11-6-8-12(9-7-11)25-17(19)20/h2-9,17H,1H3,(H,22,24)(H2,21,23,27). The predicted octanol–water partition coefficient (Wildman–Crippen LogP) is 3.97. The summed E-state index contributed by atoms with van der Waals surface area (Å²) in [6, 6.07) is 13.1. The highest BCUT2D eigenvalue weighted by molar-refractivity contribution is 7.80. The van der Waals surface area contributed by atoms with E-state index in [9.17, 15) is 13.6 Å². The molecule has 0 fully saturated rings. The Kier molecular flexibility index (Phi) is 5.51. The van der Waals surface area contributed by atoms with E-state index < -0.39 is 12.5 Å². The first-order chi connectivity index (χ1) is 12.9. The van der Waals surface area contributed by atoms with E-state index in [4.69, 9.17) is 16.6 Å². The van der Waals surface area contributed by atoms with Crippen LogP contribution in [0, 0.1) is 6.92 Å². The van der Waals surface area contributed by atoms with Crippen LogP contribution in [0.15, 0.2) is 52.9 Å². The fraction of sp³-hybridized carbons (Fsp3) is 0.111. The zero-order valence-corrected chi connectivity index (χ0v) is 14.9. The van der Waals surface area contributed by atoms with E-state index in [0.717, 1.165) is 10.9 Å². The number of ether oxygens (including phenoxy) is 1. The van der Waals surface area contributed by atoms with Gasteiger partial charge < -0.3 is 14.5 Å². The zero-order valence-electron chi connectivity index (χ0n) is 14.1. The molecule has 2 aromatic carbocycles. The number of benzene rings is 2. The number of carbonyl (C=O) groups excluding carboxylic acids is 1. The van der Waals surface area contributed by atoms with Crippen molar-refractivity contribution in [2.24, 2.45) is 0 Å². The summed E-state index contributed by atoms with van der Waals surface area (Å²) >= 11 is 5.09. The first-order valence-electron chi connectivity index (χ1n) is 7.84. The largest absolute Gasteiger partial charge is 0.451 e. The van der Waals surface area contributed by atoms with E-state index in [-0.39, 0.29) is 16.6 Å². The van der Waals surface area contributed by atoms with Crippen molar-refractivity contribution in [3.63, 3.8) is 0 Å². The van der Waals surface area contributed by atoms with Gasteiger partial charge in [-0.2, -0.15) is 8.78 Å². The Hall–Kier alpha value is -3.20. The van der Waals surface area contributed by atoms with Crippen LogP contribution in [0.2, 0.25) is 0 Å². The zero-order chi connectivity index (χ0) is 19.4. The van der Waals surface area contributed by atoms with Crippen LogP contribution in [-0.4, -0.2) is 17.6 Å². The molecule has 0 bridgehead atoms. The molecule has 1 aromatic heterocycles.